The van der Waals surface area contributed by atoms with Gasteiger partial charge in [0.2, 0.25) is 0 Å². The van der Waals surface area contributed by atoms with Gasteiger partial charge in [-0.3, -0.25) is 0 Å². The van der Waals surface area contributed by atoms with Gasteiger partial charge in [-0.25, -0.2) is 4.98 Å². The molecule has 1 aliphatic rings. The molecule has 1 aromatic carbocycles. The Bertz CT molecular complexity index is 758. The van der Waals surface area contributed by atoms with Gasteiger partial charge in [0.15, 0.2) is 0 Å². The summed E-state index contributed by atoms with van der Waals surface area (Å²) in [4.78, 5) is 6.83. The first-order valence-electron chi connectivity index (χ1n) is 8.11. The van der Waals surface area contributed by atoms with Crippen molar-refractivity contribution in [3.8, 4) is 0 Å². The van der Waals surface area contributed by atoms with Gasteiger partial charge in [-0.2, -0.15) is 0 Å². The van der Waals surface area contributed by atoms with Crippen molar-refractivity contribution in [1.82, 2.24) is 10.3 Å². The van der Waals surface area contributed by atoms with E-state index in [2.05, 4.69) is 28.5 Å². The van der Waals surface area contributed by atoms with Crippen LogP contribution in [0.2, 0.25) is 0 Å². The van der Waals surface area contributed by atoms with Crippen molar-refractivity contribution in [3.63, 3.8) is 0 Å². The van der Waals surface area contributed by atoms with E-state index in [1.54, 1.807) is 11.3 Å². The maximum atomic E-state index is 10.4. The summed E-state index contributed by atoms with van der Waals surface area (Å²) < 4.78 is 1.23. The van der Waals surface area contributed by atoms with Gasteiger partial charge < -0.3 is 10.4 Å². The van der Waals surface area contributed by atoms with Crippen LogP contribution in [0.15, 0.2) is 36.5 Å². The molecule has 0 bridgehead atoms. The van der Waals surface area contributed by atoms with Gasteiger partial charge in [0.05, 0.1) is 5.01 Å². The van der Waals surface area contributed by atoms with E-state index in [0.717, 1.165) is 11.4 Å². The summed E-state index contributed by atoms with van der Waals surface area (Å²) in [6.45, 7) is 1.36. The van der Waals surface area contributed by atoms with Gasteiger partial charge >= 0.3 is 0 Å². The molecule has 4 rings (SSSR count). The summed E-state index contributed by atoms with van der Waals surface area (Å²) in [5.41, 5.74) is 0. The number of nitrogens with one attached hydrogen (secondary N) is 1. The van der Waals surface area contributed by atoms with E-state index in [-0.39, 0.29) is 0 Å². The molecule has 1 saturated carbocycles. The van der Waals surface area contributed by atoms with Crippen molar-refractivity contribution in [2.75, 3.05) is 6.54 Å². The highest BCUT2D eigenvalue weighted by Gasteiger charge is 2.22. The molecule has 23 heavy (non-hydrogen) atoms. The molecule has 5 heteroatoms. The number of aromatic nitrogens is 1. The van der Waals surface area contributed by atoms with E-state index >= 15 is 0 Å². The second-order valence-electron chi connectivity index (χ2n) is 6.13. The molecule has 0 saturated heterocycles. The molecule has 1 unspecified atom stereocenters. The number of hydrogen-bond acceptors (Lipinski definition) is 5. The Kier molecular flexibility index (Phi) is 4.44. The van der Waals surface area contributed by atoms with Crippen molar-refractivity contribution in [2.45, 2.75) is 37.8 Å². The molecular formula is C18H20N2OS2. The van der Waals surface area contributed by atoms with Crippen LogP contribution in [0.1, 0.15) is 46.0 Å². The average molecular weight is 345 g/mol. The molecule has 0 spiro atoms. The minimum absolute atomic E-state index is 0.452. The molecule has 120 valence electrons. The Morgan fingerprint density at radius 3 is 2.91 bits per heavy atom. The molecule has 2 aromatic heterocycles. The molecule has 2 N–H and O–H groups in total. The minimum atomic E-state index is -0.452. The zero-order chi connectivity index (χ0) is 15.6. The Labute approximate surface area is 144 Å². The van der Waals surface area contributed by atoms with Crippen molar-refractivity contribution in [2.24, 2.45) is 0 Å². The Morgan fingerprint density at radius 2 is 2.13 bits per heavy atom. The Morgan fingerprint density at radius 1 is 1.26 bits per heavy atom. The molecule has 0 radical (unpaired) electrons. The summed E-state index contributed by atoms with van der Waals surface area (Å²) in [5, 5.41) is 16.2. The zero-order valence-corrected chi connectivity index (χ0v) is 14.5. The summed E-state index contributed by atoms with van der Waals surface area (Å²) in [6, 6.07) is 10.4. The van der Waals surface area contributed by atoms with Crippen LogP contribution >= 0.6 is 22.7 Å². The van der Waals surface area contributed by atoms with Crippen molar-refractivity contribution < 1.29 is 5.11 Å². The van der Waals surface area contributed by atoms with Crippen LogP contribution in [0.3, 0.4) is 0 Å². The van der Waals surface area contributed by atoms with E-state index in [9.17, 15) is 5.11 Å². The lowest BCUT2D eigenvalue weighted by Crippen LogP contribution is -2.20. The second kappa shape index (κ2) is 6.69. The summed E-state index contributed by atoms with van der Waals surface area (Å²) in [7, 11) is 0. The van der Waals surface area contributed by atoms with Crippen LogP contribution in [0.5, 0.6) is 0 Å². The van der Waals surface area contributed by atoms with Gasteiger partial charge in [0, 0.05) is 39.7 Å². The molecule has 1 atom stereocenters. The van der Waals surface area contributed by atoms with Crippen molar-refractivity contribution >= 4 is 32.8 Å². The second-order valence-corrected chi connectivity index (χ2v) is 8.39. The van der Waals surface area contributed by atoms with E-state index in [1.165, 1.54) is 39.2 Å². The lowest BCUT2D eigenvalue weighted by atomic mass is 9.86. The van der Waals surface area contributed by atoms with Gasteiger partial charge in [0.1, 0.15) is 6.10 Å². The number of nitrogens with zero attached hydrogens (tertiary/aromatic N) is 1. The predicted molar refractivity (Wildman–Crippen MR) is 97.2 cm³/mol. The number of thiazole rings is 1. The van der Waals surface area contributed by atoms with Crippen LogP contribution in [-0.4, -0.2) is 16.6 Å². The quantitative estimate of drug-likeness (QED) is 0.694. The highest BCUT2D eigenvalue weighted by atomic mass is 32.1. The first-order chi connectivity index (χ1) is 11.3. The monoisotopic (exact) mass is 344 g/mol. The summed E-state index contributed by atoms with van der Waals surface area (Å²) in [5.74, 6) is 0.706. The highest BCUT2D eigenvalue weighted by Crippen LogP contribution is 2.38. The number of thiophene rings is 1. The fourth-order valence-corrected chi connectivity index (χ4v) is 4.95. The molecular weight excluding hydrogens is 324 g/mol. The molecule has 0 aliphatic heterocycles. The Balaban J connectivity index is 1.32. The maximum absolute atomic E-state index is 10.4. The normalized spacial score (nSPS) is 16.6. The SMILES string of the molecule is OC(CNCc1cnc(C2CCC2)s1)c1cc2ccccc2s1. The number of benzene rings is 1. The molecule has 3 nitrogen and oxygen atoms in total. The van der Waals surface area contributed by atoms with Gasteiger partial charge in [0.25, 0.3) is 0 Å². The first kappa shape index (κ1) is 15.3. The maximum Gasteiger partial charge on any atom is 0.101 e. The van der Waals surface area contributed by atoms with E-state index in [4.69, 9.17) is 0 Å². The van der Waals surface area contributed by atoms with Crippen molar-refractivity contribution in [3.05, 3.63) is 51.3 Å². The standard InChI is InChI=1S/C18H20N2OS2/c21-15(17-8-13-4-1-2-7-16(13)23-17)11-19-9-14-10-20-18(22-14)12-5-3-6-12/h1-2,4,7-8,10,12,15,19,21H,3,5-6,9,11H2. The van der Waals surface area contributed by atoms with Crippen LogP contribution in [0.4, 0.5) is 0 Å². The number of aliphatic hydroxyl groups is 1. The van der Waals surface area contributed by atoms with Crippen LogP contribution < -0.4 is 5.32 Å². The summed E-state index contributed by atoms with van der Waals surface area (Å²) >= 11 is 3.49. The van der Waals surface area contributed by atoms with E-state index in [1.807, 2.05) is 29.7 Å². The van der Waals surface area contributed by atoms with Crippen LogP contribution in [0.25, 0.3) is 10.1 Å². The third kappa shape index (κ3) is 3.33. The number of fused-ring (bicyclic) bond motifs is 1. The lowest BCUT2D eigenvalue weighted by Gasteiger charge is -2.22. The summed E-state index contributed by atoms with van der Waals surface area (Å²) in [6.07, 6.45) is 5.47. The fourth-order valence-electron chi connectivity index (χ4n) is 2.85. The van der Waals surface area contributed by atoms with Crippen molar-refractivity contribution in [1.29, 1.82) is 0 Å². The third-order valence-corrected chi connectivity index (χ3v) is 6.81. The van der Waals surface area contributed by atoms with Gasteiger partial charge in [-0.05, 0) is 30.4 Å². The smallest absolute Gasteiger partial charge is 0.101 e. The zero-order valence-electron chi connectivity index (χ0n) is 12.9. The number of aliphatic hydroxyl groups excluding tert-OH is 1. The van der Waals surface area contributed by atoms with Crippen LogP contribution in [0, 0.1) is 0 Å². The van der Waals surface area contributed by atoms with E-state index in [0.29, 0.717) is 12.5 Å². The predicted octanol–water partition coefficient (Wildman–Crippen LogP) is 4.45. The minimum Gasteiger partial charge on any atom is -0.386 e. The topological polar surface area (TPSA) is 45.1 Å². The molecule has 1 fully saturated rings. The molecule has 0 amide bonds. The van der Waals surface area contributed by atoms with Gasteiger partial charge in [-0.1, -0.05) is 24.6 Å². The third-order valence-electron chi connectivity index (χ3n) is 4.44. The molecule has 2 heterocycles. The first-order valence-corrected chi connectivity index (χ1v) is 9.75. The largest absolute Gasteiger partial charge is 0.386 e. The number of hydrogen-bond donors (Lipinski definition) is 2. The van der Waals surface area contributed by atoms with Gasteiger partial charge in [-0.15, -0.1) is 22.7 Å². The van der Waals surface area contributed by atoms with E-state index < -0.39 is 6.10 Å². The lowest BCUT2D eigenvalue weighted by molar-refractivity contribution is 0.178. The average Bonchev–Trinajstić information content (AvgIpc) is 3.12. The number of rotatable bonds is 6. The Hall–Kier alpha value is -1.27. The highest BCUT2D eigenvalue weighted by molar-refractivity contribution is 7.19. The molecule has 3 aromatic rings. The van der Waals surface area contributed by atoms with Crippen LogP contribution in [-0.2, 0) is 6.54 Å². The molecule has 1 aliphatic carbocycles. The fraction of sp³-hybridized carbons (Fsp3) is 0.389.